The van der Waals surface area contributed by atoms with Crippen LogP contribution in [0.2, 0.25) is 0 Å². The second-order valence-electron chi connectivity index (χ2n) is 6.49. The van der Waals surface area contributed by atoms with Crippen LogP contribution in [0, 0.1) is 13.8 Å². The molecular weight excluding hydrogens is 394 g/mol. The van der Waals surface area contributed by atoms with Gasteiger partial charge in [0.2, 0.25) is 0 Å². The number of benzene rings is 2. The highest BCUT2D eigenvalue weighted by atomic mass is 79.9. The molecule has 0 aromatic heterocycles. The van der Waals surface area contributed by atoms with Crippen molar-refractivity contribution in [2.75, 3.05) is 31.5 Å². The van der Waals surface area contributed by atoms with Crippen LogP contribution in [0.15, 0.2) is 46.9 Å². The van der Waals surface area contributed by atoms with Crippen molar-refractivity contribution < 1.29 is 9.59 Å². The SMILES string of the molecule is Cc1cc(Br)cc(C)c1NC(=O)N1CCN(C(=O)c2ccccc2)CC1. The zero-order chi connectivity index (χ0) is 18.7. The molecule has 1 heterocycles. The number of piperazine rings is 1. The second-order valence-corrected chi connectivity index (χ2v) is 7.41. The summed E-state index contributed by atoms with van der Waals surface area (Å²) in [7, 11) is 0. The van der Waals surface area contributed by atoms with E-state index in [-0.39, 0.29) is 11.9 Å². The first-order valence-electron chi connectivity index (χ1n) is 8.62. The number of anilines is 1. The largest absolute Gasteiger partial charge is 0.335 e. The van der Waals surface area contributed by atoms with Gasteiger partial charge in [0.1, 0.15) is 0 Å². The number of aryl methyl sites for hydroxylation is 2. The number of hydrogen-bond donors (Lipinski definition) is 1. The van der Waals surface area contributed by atoms with Crippen molar-refractivity contribution in [3.8, 4) is 0 Å². The van der Waals surface area contributed by atoms with Crippen LogP contribution >= 0.6 is 15.9 Å². The van der Waals surface area contributed by atoms with Crippen LogP contribution in [0.3, 0.4) is 0 Å². The lowest BCUT2D eigenvalue weighted by atomic mass is 10.1. The van der Waals surface area contributed by atoms with Gasteiger partial charge in [0.05, 0.1) is 0 Å². The van der Waals surface area contributed by atoms with Gasteiger partial charge < -0.3 is 15.1 Å². The Morgan fingerprint density at radius 1 is 0.923 bits per heavy atom. The van der Waals surface area contributed by atoms with Gasteiger partial charge in [-0.1, -0.05) is 34.1 Å². The Morgan fingerprint density at radius 3 is 2.04 bits per heavy atom. The summed E-state index contributed by atoms with van der Waals surface area (Å²) in [6.45, 7) is 6.09. The minimum atomic E-state index is -0.120. The number of nitrogens with zero attached hydrogens (tertiary/aromatic N) is 2. The minimum absolute atomic E-state index is 0.0188. The molecule has 1 aliphatic rings. The Morgan fingerprint density at radius 2 is 1.46 bits per heavy atom. The Balaban J connectivity index is 1.60. The van der Waals surface area contributed by atoms with Crippen molar-refractivity contribution in [2.45, 2.75) is 13.8 Å². The van der Waals surface area contributed by atoms with Gasteiger partial charge in [-0.3, -0.25) is 4.79 Å². The second kappa shape index (κ2) is 7.91. The molecule has 1 fully saturated rings. The molecule has 136 valence electrons. The summed E-state index contributed by atoms with van der Waals surface area (Å²) in [6, 6.07) is 13.1. The van der Waals surface area contributed by atoms with Crippen LogP contribution < -0.4 is 5.32 Å². The average molecular weight is 416 g/mol. The van der Waals surface area contributed by atoms with Crippen LogP contribution in [-0.2, 0) is 0 Å². The Hall–Kier alpha value is -2.34. The highest BCUT2D eigenvalue weighted by Crippen LogP contribution is 2.25. The number of amides is 3. The fourth-order valence-corrected chi connectivity index (χ4v) is 3.86. The van der Waals surface area contributed by atoms with E-state index in [1.54, 1.807) is 9.80 Å². The van der Waals surface area contributed by atoms with E-state index in [0.717, 1.165) is 21.3 Å². The van der Waals surface area contributed by atoms with Gasteiger partial charge in [-0.05, 0) is 49.2 Å². The van der Waals surface area contributed by atoms with E-state index in [1.807, 2.05) is 56.3 Å². The first kappa shape index (κ1) is 18.5. The summed E-state index contributed by atoms with van der Waals surface area (Å²) >= 11 is 3.47. The average Bonchev–Trinajstić information content (AvgIpc) is 2.64. The standard InChI is InChI=1S/C20H22BrN3O2/c1-14-12-17(21)13-15(2)18(14)22-20(26)24-10-8-23(9-11-24)19(25)16-6-4-3-5-7-16/h3-7,12-13H,8-11H2,1-2H3,(H,22,26). The molecule has 2 aromatic rings. The molecule has 26 heavy (non-hydrogen) atoms. The fourth-order valence-electron chi connectivity index (χ4n) is 3.17. The van der Waals surface area contributed by atoms with Gasteiger partial charge in [0, 0.05) is 41.9 Å². The normalized spacial score (nSPS) is 14.3. The van der Waals surface area contributed by atoms with E-state index < -0.39 is 0 Å². The van der Waals surface area contributed by atoms with E-state index >= 15 is 0 Å². The van der Waals surface area contributed by atoms with Gasteiger partial charge >= 0.3 is 6.03 Å². The monoisotopic (exact) mass is 415 g/mol. The molecule has 0 atom stereocenters. The first-order chi connectivity index (χ1) is 12.5. The van der Waals surface area contributed by atoms with E-state index in [2.05, 4.69) is 21.2 Å². The number of urea groups is 1. The molecule has 0 aliphatic carbocycles. The van der Waals surface area contributed by atoms with Crippen LogP contribution in [-0.4, -0.2) is 47.9 Å². The Kier molecular flexibility index (Phi) is 5.61. The van der Waals surface area contributed by atoms with Gasteiger partial charge in [0.25, 0.3) is 5.91 Å². The lowest BCUT2D eigenvalue weighted by molar-refractivity contribution is 0.0671. The van der Waals surface area contributed by atoms with Gasteiger partial charge in [-0.15, -0.1) is 0 Å². The summed E-state index contributed by atoms with van der Waals surface area (Å²) in [5, 5.41) is 3.01. The predicted molar refractivity (Wildman–Crippen MR) is 107 cm³/mol. The molecule has 5 nitrogen and oxygen atoms in total. The molecule has 2 aromatic carbocycles. The van der Waals surface area contributed by atoms with Crippen molar-refractivity contribution >= 4 is 33.6 Å². The van der Waals surface area contributed by atoms with Crippen LogP contribution in [0.5, 0.6) is 0 Å². The number of nitrogens with one attached hydrogen (secondary N) is 1. The van der Waals surface area contributed by atoms with E-state index in [9.17, 15) is 9.59 Å². The molecule has 3 amide bonds. The molecule has 0 radical (unpaired) electrons. The van der Waals surface area contributed by atoms with Crippen LogP contribution in [0.1, 0.15) is 21.5 Å². The summed E-state index contributed by atoms with van der Waals surface area (Å²) in [5.74, 6) is 0.0188. The molecule has 3 rings (SSSR count). The molecule has 1 saturated heterocycles. The Bertz CT molecular complexity index is 792. The molecule has 1 aliphatic heterocycles. The third-order valence-electron chi connectivity index (χ3n) is 4.60. The van der Waals surface area contributed by atoms with E-state index in [1.165, 1.54) is 0 Å². The maximum absolute atomic E-state index is 12.6. The first-order valence-corrected chi connectivity index (χ1v) is 9.42. The van der Waals surface area contributed by atoms with Crippen molar-refractivity contribution in [2.24, 2.45) is 0 Å². The smallest absolute Gasteiger partial charge is 0.321 e. The van der Waals surface area contributed by atoms with Gasteiger partial charge in [-0.25, -0.2) is 4.79 Å². The summed E-state index contributed by atoms with van der Waals surface area (Å²) in [4.78, 5) is 28.7. The zero-order valence-electron chi connectivity index (χ0n) is 15.0. The van der Waals surface area contributed by atoms with Crippen molar-refractivity contribution in [3.63, 3.8) is 0 Å². The molecular formula is C20H22BrN3O2. The number of halogens is 1. The molecule has 0 spiro atoms. The van der Waals surface area contributed by atoms with Crippen molar-refractivity contribution in [3.05, 3.63) is 63.6 Å². The molecule has 1 N–H and O–H groups in total. The zero-order valence-corrected chi connectivity index (χ0v) is 16.5. The highest BCUT2D eigenvalue weighted by molar-refractivity contribution is 9.10. The van der Waals surface area contributed by atoms with Gasteiger partial charge in [0.15, 0.2) is 0 Å². The minimum Gasteiger partial charge on any atom is -0.335 e. The quantitative estimate of drug-likeness (QED) is 0.803. The van der Waals surface area contributed by atoms with Crippen LogP contribution in [0.25, 0.3) is 0 Å². The molecule has 0 unspecified atom stereocenters. The third kappa shape index (κ3) is 4.07. The maximum Gasteiger partial charge on any atom is 0.321 e. The maximum atomic E-state index is 12.6. The molecule has 6 heteroatoms. The lowest BCUT2D eigenvalue weighted by Gasteiger charge is -2.35. The molecule has 0 bridgehead atoms. The summed E-state index contributed by atoms with van der Waals surface area (Å²) < 4.78 is 0.999. The lowest BCUT2D eigenvalue weighted by Crippen LogP contribution is -2.51. The number of carbonyl (C=O) groups is 2. The van der Waals surface area contributed by atoms with Gasteiger partial charge in [-0.2, -0.15) is 0 Å². The number of rotatable bonds is 2. The van der Waals surface area contributed by atoms with Crippen molar-refractivity contribution in [1.29, 1.82) is 0 Å². The third-order valence-corrected chi connectivity index (χ3v) is 5.06. The van der Waals surface area contributed by atoms with Crippen molar-refractivity contribution in [1.82, 2.24) is 9.80 Å². The molecule has 0 saturated carbocycles. The van der Waals surface area contributed by atoms with E-state index in [4.69, 9.17) is 0 Å². The van der Waals surface area contributed by atoms with Crippen LogP contribution in [0.4, 0.5) is 10.5 Å². The summed E-state index contributed by atoms with van der Waals surface area (Å²) in [5.41, 5.74) is 3.57. The summed E-state index contributed by atoms with van der Waals surface area (Å²) in [6.07, 6.45) is 0. The number of hydrogen-bond acceptors (Lipinski definition) is 2. The fraction of sp³-hybridized carbons (Fsp3) is 0.300. The highest BCUT2D eigenvalue weighted by Gasteiger charge is 2.25. The number of carbonyl (C=O) groups excluding carboxylic acids is 2. The Labute approximate surface area is 162 Å². The predicted octanol–water partition coefficient (Wildman–Crippen LogP) is 4.06. The van der Waals surface area contributed by atoms with E-state index in [0.29, 0.717) is 31.7 Å². The topological polar surface area (TPSA) is 52.7 Å².